The zero-order valence-corrected chi connectivity index (χ0v) is 12.2. The molecule has 1 aliphatic rings. The zero-order valence-electron chi connectivity index (χ0n) is 12.2. The molecule has 2 unspecified atom stereocenters. The summed E-state index contributed by atoms with van der Waals surface area (Å²) in [6, 6.07) is 6.16. The molecule has 1 aromatic rings. The third-order valence-corrected chi connectivity index (χ3v) is 3.90. The largest absolute Gasteiger partial charge is 0.350 e. The molecule has 1 heterocycles. The number of carbonyl (C=O) groups excluding carboxylic acids is 1. The maximum absolute atomic E-state index is 11.9. The van der Waals surface area contributed by atoms with Gasteiger partial charge < -0.3 is 10.6 Å². The second-order valence-electron chi connectivity index (χ2n) is 5.54. The summed E-state index contributed by atoms with van der Waals surface area (Å²) >= 11 is 0. The summed E-state index contributed by atoms with van der Waals surface area (Å²) in [5, 5.41) is 16.9. The van der Waals surface area contributed by atoms with E-state index in [4.69, 9.17) is 0 Å². The van der Waals surface area contributed by atoms with E-state index in [1.54, 1.807) is 12.1 Å². The van der Waals surface area contributed by atoms with Gasteiger partial charge in [-0.15, -0.1) is 0 Å². The molecule has 6 heteroatoms. The van der Waals surface area contributed by atoms with E-state index in [1.165, 1.54) is 12.1 Å². The van der Waals surface area contributed by atoms with Crippen LogP contribution in [0.2, 0.25) is 0 Å². The van der Waals surface area contributed by atoms with Crippen LogP contribution in [0.4, 0.5) is 5.69 Å². The summed E-state index contributed by atoms with van der Waals surface area (Å²) in [4.78, 5) is 22.3. The minimum Gasteiger partial charge on any atom is -0.350 e. The van der Waals surface area contributed by atoms with E-state index >= 15 is 0 Å². The number of nitrogens with zero attached hydrogens (tertiary/aromatic N) is 1. The topological polar surface area (TPSA) is 84.3 Å². The van der Waals surface area contributed by atoms with Crippen molar-refractivity contribution in [3.8, 4) is 0 Å². The van der Waals surface area contributed by atoms with Crippen molar-refractivity contribution in [2.24, 2.45) is 5.92 Å². The fourth-order valence-electron chi connectivity index (χ4n) is 2.60. The second-order valence-corrected chi connectivity index (χ2v) is 5.54. The van der Waals surface area contributed by atoms with E-state index in [2.05, 4.69) is 10.6 Å². The Bertz CT molecular complexity index is 513. The first-order chi connectivity index (χ1) is 10.1. The van der Waals surface area contributed by atoms with Crippen LogP contribution in [0.5, 0.6) is 0 Å². The predicted octanol–water partition coefficient (Wildman–Crippen LogP) is 2.16. The van der Waals surface area contributed by atoms with Crippen molar-refractivity contribution in [2.45, 2.75) is 32.2 Å². The molecule has 0 saturated carbocycles. The number of nitrogens with one attached hydrogen (secondary N) is 2. The summed E-state index contributed by atoms with van der Waals surface area (Å²) in [5.74, 6) is 0.588. The Balaban J connectivity index is 1.85. The van der Waals surface area contributed by atoms with Crippen molar-refractivity contribution in [1.82, 2.24) is 10.6 Å². The Morgan fingerprint density at radius 1 is 1.57 bits per heavy atom. The van der Waals surface area contributed by atoms with Crippen LogP contribution in [-0.2, 0) is 4.79 Å². The van der Waals surface area contributed by atoms with Crippen molar-refractivity contribution in [3.63, 3.8) is 0 Å². The summed E-state index contributed by atoms with van der Waals surface area (Å²) < 4.78 is 0. The number of rotatable bonds is 6. The van der Waals surface area contributed by atoms with Crippen LogP contribution >= 0.6 is 0 Å². The van der Waals surface area contributed by atoms with Crippen LogP contribution in [0.15, 0.2) is 24.3 Å². The van der Waals surface area contributed by atoms with Gasteiger partial charge in [-0.05, 0) is 44.3 Å². The molecule has 1 saturated heterocycles. The van der Waals surface area contributed by atoms with Crippen LogP contribution in [0.3, 0.4) is 0 Å². The van der Waals surface area contributed by atoms with Crippen LogP contribution in [-0.4, -0.2) is 23.9 Å². The average molecular weight is 291 g/mol. The molecule has 0 radical (unpaired) electrons. The molecule has 2 rings (SSSR count). The first kappa shape index (κ1) is 15.4. The number of non-ortho nitro benzene ring substituents is 1. The molecular formula is C15H21N3O3. The average Bonchev–Trinajstić information content (AvgIpc) is 2.98. The number of hydrogen-bond acceptors (Lipinski definition) is 4. The minimum atomic E-state index is -0.425. The van der Waals surface area contributed by atoms with Crippen LogP contribution in [0, 0.1) is 16.0 Å². The van der Waals surface area contributed by atoms with Gasteiger partial charge in [0, 0.05) is 18.6 Å². The number of nitro benzene ring substituents is 1. The van der Waals surface area contributed by atoms with E-state index in [9.17, 15) is 14.9 Å². The summed E-state index contributed by atoms with van der Waals surface area (Å²) in [6.45, 7) is 3.87. The molecule has 0 spiro atoms. The maximum Gasteiger partial charge on any atom is 0.269 e. The Kier molecular flexibility index (Phi) is 5.27. The fraction of sp³-hybridized carbons (Fsp3) is 0.533. The molecule has 0 bridgehead atoms. The van der Waals surface area contributed by atoms with Crippen molar-refractivity contribution >= 4 is 11.6 Å². The molecule has 0 aliphatic carbocycles. The number of hydrogen-bond donors (Lipinski definition) is 2. The predicted molar refractivity (Wildman–Crippen MR) is 79.9 cm³/mol. The monoisotopic (exact) mass is 291 g/mol. The van der Waals surface area contributed by atoms with Crippen molar-refractivity contribution in [3.05, 3.63) is 39.9 Å². The van der Waals surface area contributed by atoms with E-state index in [0.717, 1.165) is 31.5 Å². The van der Waals surface area contributed by atoms with Crippen LogP contribution in [0.25, 0.3) is 0 Å². The highest BCUT2D eigenvalue weighted by Crippen LogP contribution is 2.19. The molecule has 114 valence electrons. The second kappa shape index (κ2) is 7.17. The van der Waals surface area contributed by atoms with E-state index in [-0.39, 0.29) is 17.6 Å². The molecule has 1 fully saturated rings. The van der Waals surface area contributed by atoms with Gasteiger partial charge >= 0.3 is 0 Å². The summed E-state index contributed by atoms with van der Waals surface area (Å²) in [7, 11) is 0. The fourth-order valence-corrected chi connectivity index (χ4v) is 2.60. The lowest BCUT2D eigenvalue weighted by atomic mass is 10.0. The smallest absolute Gasteiger partial charge is 0.269 e. The molecule has 0 aromatic heterocycles. The number of benzene rings is 1. The van der Waals surface area contributed by atoms with Gasteiger partial charge in [-0.1, -0.05) is 12.1 Å². The van der Waals surface area contributed by atoms with Crippen molar-refractivity contribution in [2.75, 3.05) is 13.1 Å². The Morgan fingerprint density at radius 2 is 2.38 bits per heavy atom. The molecule has 6 nitrogen and oxygen atoms in total. The van der Waals surface area contributed by atoms with Gasteiger partial charge in [0.25, 0.3) is 5.69 Å². The van der Waals surface area contributed by atoms with Gasteiger partial charge in [0.2, 0.25) is 5.91 Å². The van der Waals surface area contributed by atoms with Gasteiger partial charge in [0.15, 0.2) is 0 Å². The third kappa shape index (κ3) is 4.53. The molecule has 2 atom stereocenters. The SMILES string of the molecule is CC(NC(=O)CCC1CCNC1)c1cccc([N+](=O)[O-])c1. The number of nitro groups is 1. The Hall–Kier alpha value is -1.95. The van der Waals surface area contributed by atoms with Crippen molar-refractivity contribution < 1.29 is 9.72 Å². The lowest BCUT2D eigenvalue weighted by Crippen LogP contribution is -2.27. The minimum absolute atomic E-state index is 0.000839. The van der Waals surface area contributed by atoms with E-state index < -0.39 is 4.92 Å². The molecule has 21 heavy (non-hydrogen) atoms. The molecule has 1 aromatic carbocycles. The lowest BCUT2D eigenvalue weighted by molar-refractivity contribution is -0.384. The van der Waals surface area contributed by atoms with Gasteiger partial charge in [-0.3, -0.25) is 14.9 Å². The third-order valence-electron chi connectivity index (χ3n) is 3.90. The van der Waals surface area contributed by atoms with Crippen LogP contribution in [0.1, 0.15) is 37.8 Å². The quantitative estimate of drug-likeness (QED) is 0.621. The lowest BCUT2D eigenvalue weighted by Gasteiger charge is -2.15. The van der Waals surface area contributed by atoms with E-state index in [1.807, 2.05) is 6.92 Å². The van der Waals surface area contributed by atoms with Gasteiger partial charge in [0.05, 0.1) is 11.0 Å². The van der Waals surface area contributed by atoms with Gasteiger partial charge in [-0.2, -0.15) is 0 Å². The number of amides is 1. The zero-order chi connectivity index (χ0) is 15.2. The van der Waals surface area contributed by atoms with Crippen molar-refractivity contribution in [1.29, 1.82) is 0 Å². The maximum atomic E-state index is 11.9. The van der Waals surface area contributed by atoms with Gasteiger partial charge in [-0.25, -0.2) is 0 Å². The Morgan fingerprint density at radius 3 is 3.05 bits per heavy atom. The highest BCUT2D eigenvalue weighted by atomic mass is 16.6. The van der Waals surface area contributed by atoms with Crippen LogP contribution < -0.4 is 10.6 Å². The summed E-state index contributed by atoms with van der Waals surface area (Å²) in [6.07, 6.45) is 2.53. The molecule has 1 amide bonds. The first-order valence-corrected chi connectivity index (χ1v) is 7.30. The number of carbonyl (C=O) groups is 1. The summed E-state index contributed by atoms with van der Waals surface area (Å²) in [5.41, 5.74) is 0.797. The van der Waals surface area contributed by atoms with Gasteiger partial charge in [0.1, 0.15) is 0 Å². The highest BCUT2D eigenvalue weighted by Gasteiger charge is 2.17. The highest BCUT2D eigenvalue weighted by molar-refractivity contribution is 5.76. The molecule has 2 N–H and O–H groups in total. The standard InChI is InChI=1S/C15H21N3O3/c1-11(13-3-2-4-14(9-13)18(20)21)17-15(19)6-5-12-7-8-16-10-12/h2-4,9,11-12,16H,5-8,10H2,1H3,(H,17,19). The molecule has 1 aliphatic heterocycles. The molecular weight excluding hydrogens is 270 g/mol. The normalized spacial score (nSPS) is 19.2. The first-order valence-electron chi connectivity index (χ1n) is 7.30. The van der Waals surface area contributed by atoms with E-state index in [0.29, 0.717) is 12.3 Å². The Labute approximate surface area is 124 Å².